The summed E-state index contributed by atoms with van der Waals surface area (Å²) in [5.74, 6) is 0.283. The Bertz CT molecular complexity index is 798. The number of hydrogen-bond acceptors (Lipinski definition) is 3. The van der Waals surface area contributed by atoms with Gasteiger partial charge in [-0.25, -0.2) is 0 Å². The number of halogens is 1. The first-order valence-electron chi connectivity index (χ1n) is 8.61. The minimum Gasteiger partial charge on any atom is -0.497 e. The molecule has 0 aromatic heterocycles. The fourth-order valence-electron chi connectivity index (χ4n) is 2.63. The molecule has 0 heterocycles. The zero-order valence-corrected chi connectivity index (χ0v) is 16.5. The van der Waals surface area contributed by atoms with Crippen LogP contribution in [0.4, 0.5) is 5.69 Å². The van der Waals surface area contributed by atoms with Crippen LogP contribution in [0, 0.1) is 0 Å². The van der Waals surface area contributed by atoms with Gasteiger partial charge in [-0.1, -0.05) is 35.9 Å². The van der Waals surface area contributed by atoms with Crippen molar-refractivity contribution >= 4 is 29.1 Å². The van der Waals surface area contributed by atoms with Gasteiger partial charge >= 0.3 is 0 Å². The number of quaternary nitrogens is 1. The van der Waals surface area contributed by atoms with Crippen LogP contribution in [0.5, 0.6) is 5.75 Å². The van der Waals surface area contributed by atoms with Crippen molar-refractivity contribution in [1.29, 1.82) is 0 Å². The number of rotatable bonds is 8. The standard InChI is InChI=1S/C20H24ClN3O3/c1-23(12-15-7-4-5-10-18(15)21)14-20(26)24(2)13-19(25)22-16-8-6-9-17(11-16)27-3/h4-11H,12-14H2,1-3H3,(H,22,25)/p+1. The van der Waals surface area contributed by atoms with Crippen LogP contribution in [0.15, 0.2) is 48.5 Å². The van der Waals surface area contributed by atoms with Gasteiger partial charge in [-0.2, -0.15) is 0 Å². The molecule has 0 aliphatic heterocycles. The molecule has 7 heteroatoms. The maximum atomic E-state index is 12.4. The van der Waals surface area contributed by atoms with Crippen LogP contribution in [0.25, 0.3) is 0 Å². The van der Waals surface area contributed by atoms with Crippen molar-refractivity contribution in [2.24, 2.45) is 0 Å². The van der Waals surface area contributed by atoms with Gasteiger partial charge in [0.1, 0.15) is 12.3 Å². The Balaban J connectivity index is 1.83. The quantitative estimate of drug-likeness (QED) is 0.717. The van der Waals surface area contributed by atoms with Crippen LogP contribution in [0.1, 0.15) is 5.56 Å². The summed E-state index contributed by atoms with van der Waals surface area (Å²) in [4.78, 5) is 27.0. The smallest absolute Gasteiger partial charge is 0.277 e. The van der Waals surface area contributed by atoms with Gasteiger partial charge in [0.25, 0.3) is 5.91 Å². The lowest BCUT2D eigenvalue weighted by molar-refractivity contribution is -0.885. The highest BCUT2D eigenvalue weighted by Crippen LogP contribution is 2.16. The summed E-state index contributed by atoms with van der Waals surface area (Å²) in [5.41, 5.74) is 1.62. The highest BCUT2D eigenvalue weighted by molar-refractivity contribution is 6.31. The highest BCUT2D eigenvalue weighted by Gasteiger charge is 2.18. The lowest BCUT2D eigenvalue weighted by atomic mass is 10.2. The number of amides is 2. The van der Waals surface area contributed by atoms with Gasteiger partial charge in [0.05, 0.1) is 20.7 Å². The van der Waals surface area contributed by atoms with Crippen LogP contribution in [-0.2, 0) is 16.1 Å². The third-order valence-electron chi connectivity index (χ3n) is 4.06. The maximum Gasteiger partial charge on any atom is 0.277 e. The number of methoxy groups -OCH3 is 1. The SMILES string of the molecule is COc1cccc(NC(=O)CN(C)C(=O)C[NH+](C)Cc2ccccc2Cl)c1. The monoisotopic (exact) mass is 390 g/mol. The topological polar surface area (TPSA) is 63.1 Å². The van der Waals surface area contributed by atoms with Gasteiger partial charge in [-0.3, -0.25) is 9.59 Å². The molecule has 2 N–H and O–H groups in total. The predicted octanol–water partition coefficient (Wildman–Crippen LogP) is 1.46. The van der Waals surface area contributed by atoms with E-state index in [-0.39, 0.29) is 24.9 Å². The molecule has 0 saturated heterocycles. The summed E-state index contributed by atoms with van der Waals surface area (Å²) in [6, 6.07) is 14.7. The van der Waals surface area contributed by atoms with Gasteiger partial charge < -0.3 is 19.9 Å². The average molecular weight is 391 g/mol. The molecule has 0 aliphatic rings. The summed E-state index contributed by atoms with van der Waals surface area (Å²) >= 11 is 6.16. The number of carbonyl (C=O) groups is 2. The molecule has 0 saturated carbocycles. The predicted molar refractivity (Wildman–Crippen MR) is 106 cm³/mol. The number of ether oxygens (including phenoxy) is 1. The van der Waals surface area contributed by atoms with Crippen LogP contribution in [-0.4, -0.2) is 51.0 Å². The Morgan fingerprint density at radius 3 is 2.63 bits per heavy atom. The van der Waals surface area contributed by atoms with Gasteiger partial charge in [0, 0.05) is 29.4 Å². The number of nitrogens with one attached hydrogen (secondary N) is 2. The Morgan fingerprint density at radius 2 is 1.93 bits per heavy atom. The molecule has 6 nitrogen and oxygen atoms in total. The molecule has 0 bridgehead atoms. The molecule has 1 unspecified atom stereocenters. The Hall–Kier alpha value is -2.57. The fraction of sp³-hybridized carbons (Fsp3) is 0.300. The third-order valence-corrected chi connectivity index (χ3v) is 4.43. The van der Waals surface area contributed by atoms with Crippen molar-refractivity contribution in [3.63, 3.8) is 0 Å². The number of likely N-dealkylation sites (N-methyl/N-ethyl adjacent to an activating group) is 2. The second-order valence-electron chi connectivity index (χ2n) is 6.43. The van der Waals surface area contributed by atoms with E-state index in [0.717, 1.165) is 10.5 Å². The van der Waals surface area contributed by atoms with Gasteiger partial charge in [0.15, 0.2) is 6.54 Å². The normalized spacial score (nSPS) is 11.6. The third kappa shape index (κ3) is 6.58. The Kier molecular flexibility index (Phi) is 7.64. The number of nitrogens with zero attached hydrogens (tertiary/aromatic N) is 1. The van der Waals surface area contributed by atoms with E-state index in [1.807, 2.05) is 31.3 Å². The van der Waals surface area contributed by atoms with E-state index in [1.54, 1.807) is 38.4 Å². The summed E-state index contributed by atoms with van der Waals surface area (Å²) in [5, 5.41) is 3.46. The molecule has 2 amide bonds. The number of carbonyl (C=O) groups excluding carboxylic acids is 2. The van der Waals surface area contributed by atoms with Crippen molar-refractivity contribution in [2.45, 2.75) is 6.54 Å². The molecule has 1 atom stereocenters. The first kappa shape index (κ1) is 20.7. The molecule has 0 spiro atoms. The second kappa shape index (κ2) is 9.94. The van der Waals surface area contributed by atoms with Gasteiger partial charge in [-0.05, 0) is 18.2 Å². The minimum atomic E-state index is -0.261. The lowest BCUT2D eigenvalue weighted by Gasteiger charge is -2.20. The first-order chi connectivity index (χ1) is 12.9. The van der Waals surface area contributed by atoms with Crippen molar-refractivity contribution < 1.29 is 19.2 Å². The summed E-state index contributed by atoms with van der Waals surface area (Å²) < 4.78 is 5.13. The molecule has 0 radical (unpaired) electrons. The maximum absolute atomic E-state index is 12.4. The van der Waals surface area contributed by atoms with Crippen LogP contribution < -0.4 is 15.0 Å². The summed E-state index contributed by atoms with van der Waals surface area (Å²) in [7, 11) is 5.11. The zero-order valence-electron chi connectivity index (χ0n) is 15.8. The van der Waals surface area contributed by atoms with E-state index in [4.69, 9.17) is 16.3 Å². The first-order valence-corrected chi connectivity index (χ1v) is 8.99. The van der Waals surface area contributed by atoms with Gasteiger partial charge in [-0.15, -0.1) is 0 Å². The van der Waals surface area contributed by atoms with Crippen molar-refractivity contribution in [3.8, 4) is 5.75 Å². The number of benzene rings is 2. The van der Waals surface area contributed by atoms with E-state index < -0.39 is 0 Å². The second-order valence-corrected chi connectivity index (χ2v) is 6.84. The molecule has 144 valence electrons. The molecule has 0 fully saturated rings. The number of hydrogen-bond donors (Lipinski definition) is 2. The van der Waals surface area contributed by atoms with E-state index in [9.17, 15) is 9.59 Å². The molecule has 0 aliphatic carbocycles. The Morgan fingerprint density at radius 1 is 1.19 bits per heavy atom. The summed E-state index contributed by atoms with van der Waals surface area (Å²) in [6.45, 7) is 0.888. The van der Waals surface area contributed by atoms with E-state index in [2.05, 4.69) is 5.32 Å². The van der Waals surface area contributed by atoms with E-state index >= 15 is 0 Å². The summed E-state index contributed by atoms with van der Waals surface area (Å²) in [6.07, 6.45) is 0. The van der Waals surface area contributed by atoms with Crippen molar-refractivity contribution in [3.05, 3.63) is 59.1 Å². The largest absolute Gasteiger partial charge is 0.497 e. The van der Waals surface area contributed by atoms with Crippen LogP contribution >= 0.6 is 11.6 Å². The highest BCUT2D eigenvalue weighted by atomic mass is 35.5. The molecule has 2 aromatic carbocycles. The molecule has 2 aromatic rings. The average Bonchev–Trinajstić information content (AvgIpc) is 2.63. The molecule has 27 heavy (non-hydrogen) atoms. The zero-order chi connectivity index (χ0) is 19.8. The fourth-order valence-corrected chi connectivity index (χ4v) is 2.83. The van der Waals surface area contributed by atoms with Crippen LogP contribution in [0.3, 0.4) is 0 Å². The molecular formula is C20H25ClN3O3+. The van der Waals surface area contributed by atoms with E-state index in [0.29, 0.717) is 23.0 Å². The lowest BCUT2D eigenvalue weighted by Crippen LogP contribution is -3.08. The van der Waals surface area contributed by atoms with Crippen molar-refractivity contribution in [2.75, 3.05) is 39.6 Å². The number of anilines is 1. The van der Waals surface area contributed by atoms with Crippen LogP contribution in [0.2, 0.25) is 5.02 Å². The minimum absolute atomic E-state index is 0.0184. The van der Waals surface area contributed by atoms with E-state index in [1.165, 1.54) is 4.90 Å². The molecule has 2 rings (SSSR count). The van der Waals surface area contributed by atoms with Gasteiger partial charge in [0.2, 0.25) is 5.91 Å². The Labute approximate surface area is 164 Å². The molecular weight excluding hydrogens is 366 g/mol. The van der Waals surface area contributed by atoms with Crippen molar-refractivity contribution in [1.82, 2.24) is 4.90 Å².